The second-order valence-electron chi connectivity index (χ2n) is 5.15. The second-order valence-corrected chi connectivity index (χ2v) is 5.15. The van der Waals surface area contributed by atoms with Crippen molar-refractivity contribution in [3.05, 3.63) is 0 Å². The molecule has 2 N–H and O–H groups in total. The minimum Gasteiger partial charge on any atom is -0.469 e. The molecule has 2 unspecified atom stereocenters. The molecule has 1 aliphatic carbocycles. The highest BCUT2D eigenvalue weighted by Crippen LogP contribution is 2.24. The van der Waals surface area contributed by atoms with Crippen LogP contribution in [0.15, 0.2) is 0 Å². The topological polar surface area (TPSA) is 67.4 Å². The van der Waals surface area contributed by atoms with Crippen molar-refractivity contribution in [2.75, 3.05) is 20.7 Å². The second kappa shape index (κ2) is 8.91. The summed E-state index contributed by atoms with van der Waals surface area (Å²) in [5.74, 6) is -0.376. The van der Waals surface area contributed by atoms with Crippen LogP contribution in [0.5, 0.6) is 0 Å². The Kier molecular flexibility index (Phi) is 7.48. The van der Waals surface area contributed by atoms with Crippen molar-refractivity contribution in [2.24, 2.45) is 5.92 Å². The Hall–Kier alpha value is -1.10. The fourth-order valence-corrected chi connectivity index (χ4v) is 2.61. The van der Waals surface area contributed by atoms with E-state index in [4.69, 9.17) is 4.74 Å². The third-order valence-electron chi connectivity index (χ3n) is 3.72. The molecule has 1 saturated carbocycles. The number of methoxy groups -OCH3 is 1. The van der Waals surface area contributed by atoms with Crippen LogP contribution < -0.4 is 10.6 Å². The van der Waals surface area contributed by atoms with Crippen LogP contribution >= 0.6 is 0 Å². The largest absolute Gasteiger partial charge is 0.469 e. The molecule has 0 aliphatic heterocycles. The van der Waals surface area contributed by atoms with Crippen molar-refractivity contribution in [1.29, 1.82) is 0 Å². The highest BCUT2D eigenvalue weighted by atomic mass is 16.5. The van der Waals surface area contributed by atoms with Crippen LogP contribution in [0.3, 0.4) is 0 Å². The summed E-state index contributed by atoms with van der Waals surface area (Å²) in [6, 6.07) is -0.0721. The fourth-order valence-electron chi connectivity index (χ4n) is 2.61. The Balaban J connectivity index is 2.60. The summed E-state index contributed by atoms with van der Waals surface area (Å²) in [7, 11) is 3.24. The maximum atomic E-state index is 11.9. The summed E-state index contributed by atoms with van der Waals surface area (Å²) in [5.41, 5.74) is 0. The lowest BCUT2D eigenvalue weighted by Crippen LogP contribution is -2.44. The van der Waals surface area contributed by atoms with Gasteiger partial charge in [0.2, 0.25) is 5.91 Å². The van der Waals surface area contributed by atoms with E-state index in [0.29, 0.717) is 13.0 Å². The molecule has 19 heavy (non-hydrogen) atoms. The SMILES string of the molecule is CNCCC(=O)NC1CCCCCCC1C(=O)OC. The zero-order valence-corrected chi connectivity index (χ0v) is 12.0. The molecule has 0 aromatic carbocycles. The van der Waals surface area contributed by atoms with Crippen LogP contribution in [0.4, 0.5) is 0 Å². The molecule has 0 aromatic rings. The molecule has 0 radical (unpaired) electrons. The van der Waals surface area contributed by atoms with Gasteiger partial charge in [-0.3, -0.25) is 9.59 Å². The van der Waals surface area contributed by atoms with Gasteiger partial charge in [-0.15, -0.1) is 0 Å². The summed E-state index contributed by atoms with van der Waals surface area (Å²) in [6.45, 7) is 0.654. The normalized spacial score (nSPS) is 24.1. The number of amides is 1. The summed E-state index contributed by atoms with van der Waals surface area (Å²) >= 11 is 0. The molecule has 0 bridgehead atoms. The number of hydrogen-bond donors (Lipinski definition) is 2. The van der Waals surface area contributed by atoms with Crippen molar-refractivity contribution >= 4 is 11.9 Å². The number of ether oxygens (including phenoxy) is 1. The first-order valence-corrected chi connectivity index (χ1v) is 7.20. The van der Waals surface area contributed by atoms with E-state index < -0.39 is 0 Å². The van der Waals surface area contributed by atoms with Gasteiger partial charge >= 0.3 is 5.97 Å². The molecular formula is C14H26N2O3. The fraction of sp³-hybridized carbons (Fsp3) is 0.857. The van der Waals surface area contributed by atoms with Crippen LogP contribution in [0, 0.1) is 5.92 Å². The van der Waals surface area contributed by atoms with Gasteiger partial charge in [-0.1, -0.05) is 25.7 Å². The highest BCUT2D eigenvalue weighted by molar-refractivity contribution is 5.78. The van der Waals surface area contributed by atoms with Gasteiger partial charge < -0.3 is 15.4 Å². The monoisotopic (exact) mass is 270 g/mol. The van der Waals surface area contributed by atoms with E-state index in [1.54, 1.807) is 0 Å². The summed E-state index contributed by atoms with van der Waals surface area (Å²) < 4.78 is 4.88. The molecule has 110 valence electrons. The van der Waals surface area contributed by atoms with Crippen molar-refractivity contribution in [1.82, 2.24) is 10.6 Å². The molecule has 5 heteroatoms. The molecule has 0 saturated heterocycles. The van der Waals surface area contributed by atoms with E-state index in [-0.39, 0.29) is 23.8 Å². The van der Waals surface area contributed by atoms with Gasteiger partial charge in [0, 0.05) is 19.0 Å². The van der Waals surface area contributed by atoms with Gasteiger partial charge in [0.25, 0.3) is 0 Å². The van der Waals surface area contributed by atoms with E-state index in [1.165, 1.54) is 13.5 Å². The number of rotatable bonds is 5. The smallest absolute Gasteiger partial charge is 0.310 e. The standard InChI is InChI=1S/C14H26N2O3/c1-15-10-9-13(17)16-12-8-6-4-3-5-7-11(12)14(18)19-2/h11-12,15H,3-10H2,1-2H3,(H,16,17). The Bertz CT molecular complexity index is 294. The lowest BCUT2D eigenvalue weighted by molar-refractivity contribution is -0.147. The van der Waals surface area contributed by atoms with Gasteiger partial charge in [-0.25, -0.2) is 0 Å². The molecular weight excluding hydrogens is 244 g/mol. The number of hydrogen-bond acceptors (Lipinski definition) is 4. The highest BCUT2D eigenvalue weighted by Gasteiger charge is 2.30. The van der Waals surface area contributed by atoms with E-state index in [2.05, 4.69) is 10.6 Å². The van der Waals surface area contributed by atoms with Crippen molar-refractivity contribution in [2.45, 2.75) is 51.0 Å². The molecule has 5 nitrogen and oxygen atoms in total. The van der Waals surface area contributed by atoms with Crippen LogP contribution in [-0.4, -0.2) is 38.6 Å². The maximum Gasteiger partial charge on any atom is 0.310 e. The van der Waals surface area contributed by atoms with Gasteiger partial charge in [-0.05, 0) is 19.9 Å². The number of carbonyl (C=O) groups excluding carboxylic acids is 2. The van der Waals surface area contributed by atoms with E-state index in [0.717, 1.165) is 32.1 Å². The predicted molar refractivity (Wildman–Crippen MR) is 73.7 cm³/mol. The van der Waals surface area contributed by atoms with Gasteiger partial charge in [0.1, 0.15) is 0 Å². The van der Waals surface area contributed by atoms with Crippen LogP contribution in [0.25, 0.3) is 0 Å². The van der Waals surface area contributed by atoms with Gasteiger partial charge in [0.05, 0.1) is 13.0 Å². The zero-order valence-electron chi connectivity index (χ0n) is 12.0. The van der Waals surface area contributed by atoms with Crippen LogP contribution in [0.1, 0.15) is 44.9 Å². The molecule has 1 fully saturated rings. The number of carbonyl (C=O) groups is 2. The lowest BCUT2D eigenvalue weighted by Gasteiger charge is -2.28. The molecule has 0 heterocycles. The molecule has 1 amide bonds. The molecule has 0 aromatic heterocycles. The Morgan fingerprint density at radius 1 is 1.16 bits per heavy atom. The first-order chi connectivity index (χ1) is 9.19. The van der Waals surface area contributed by atoms with Crippen molar-refractivity contribution < 1.29 is 14.3 Å². The summed E-state index contributed by atoms with van der Waals surface area (Å²) in [5, 5.41) is 5.96. The number of nitrogens with one attached hydrogen (secondary N) is 2. The van der Waals surface area contributed by atoms with Gasteiger partial charge in [-0.2, -0.15) is 0 Å². The zero-order chi connectivity index (χ0) is 14.1. The summed E-state index contributed by atoms with van der Waals surface area (Å²) in [4.78, 5) is 23.7. The minimum atomic E-state index is -0.194. The average Bonchev–Trinajstić information content (AvgIpc) is 2.39. The van der Waals surface area contributed by atoms with Gasteiger partial charge in [0.15, 0.2) is 0 Å². The van der Waals surface area contributed by atoms with Crippen molar-refractivity contribution in [3.63, 3.8) is 0 Å². The lowest BCUT2D eigenvalue weighted by atomic mass is 9.86. The van der Waals surface area contributed by atoms with Crippen LogP contribution in [0.2, 0.25) is 0 Å². The van der Waals surface area contributed by atoms with Crippen molar-refractivity contribution in [3.8, 4) is 0 Å². The first kappa shape index (κ1) is 16.0. The first-order valence-electron chi connectivity index (χ1n) is 7.20. The Morgan fingerprint density at radius 2 is 1.84 bits per heavy atom. The Morgan fingerprint density at radius 3 is 2.47 bits per heavy atom. The average molecular weight is 270 g/mol. The molecule has 1 rings (SSSR count). The third-order valence-corrected chi connectivity index (χ3v) is 3.72. The summed E-state index contributed by atoms with van der Waals surface area (Å²) in [6.07, 6.45) is 6.55. The predicted octanol–water partition coefficient (Wildman–Crippen LogP) is 1.22. The van der Waals surface area contributed by atoms with E-state index >= 15 is 0 Å². The molecule has 1 aliphatic rings. The van der Waals surface area contributed by atoms with E-state index in [1.807, 2.05) is 7.05 Å². The Labute approximate surface area is 115 Å². The van der Waals surface area contributed by atoms with E-state index in [9.17, 15) is 9.59 Å². The quantitative estimate of drug-likeness (QED) is 0.737. The maximum absolute atomic E-state index is 11.9. The molecule has 2 atom stereocenters. The van der Waals surface area contributed by atoms with Crippen LogP contribution in [-0.2, 0) is 14.3 Å². The minimum absolute atomic E-state index is 0.00817. The third kappa shape index (κ3) is 5.59. The molecule has 0 spiro atoms. The number of esters is 1.